The first-order valence-electron chi connectivity index (χ1n) is 5.43. The van der Waals surface area contributed by atoms with Crippen molar-refractivity contribution in [2.45, 2.75) is 13.0 Å². The molecule has 5 N–H and O–H groups in total. The normalized spacial score (nSPS) is 12.1. The highest BCUT2D eigenvalue weighted by atomic mass is 32.1. The topological polar surface area (TPSA) is 94.0 Å². The molecule has 0 aliphatic rings. The van der Waals surface area contributed by atoms with E-state index in [1.165, 1.54) is 17.1 Å². The molecule has 0 saturated heterocycles. The molecular weight excluding hydrogens is 248 g/mol. The Kier molecular flexibility index (Phi) is 3.47. The molecule has 18 heavy (non-hydrogen) atoms. The van der Waals surface area contributed by atoms with Gasteiger partial charge in [-0.3, -0.25) is 4.79 Å². The van der Waals surface area contributed by atoms with Gasteiger partial charge in [0.2, 0.25) is 0 Å². The Balaban J connectivity index is 2.26. The van der Waals surface area contributed by atoms with Gasteiger partial charge in [-0.25, -0.2) is 4.98 Å². The minimum absolute atomic E-state index is 0.0773. The predicted molar refractivity (Wildman–Crippen MR) is 73.5 cm³/mol. The molecule has 0 bridgehead atoms. The van der Waals surface area contributed by atoms with Gasteiger partial charge in [0, 0.05) is 4.88 Å². The van der Waals surface area contributed by atoms with Gasteiger partial charge in [-0.15, -0.1) is 11.3 Å². The molecule has 0 saturated carbocycles. The van der Waals surface area contributed by atoms with Gasteiger partial charge in [0.05, 0.1) is 23.5 Å². The molecule has 0 fully saturated rings. The zero-order valence-corrected chi connectivity index (χ0v) is 10.7. The lowest BCUT2D eigenvalue weighted by Crippen LogP contribution is -2.16. The summed E-state index contributed by atoms with van der Waals surface area (Å²) in [5, 5.41) is 5.22. The predicted octanol–water partition coefficient (Wildman–Crippen LogP) is 2.00. The number of hydrogen-bond donors (Lipinski definition) is 3. The second-order valence-corrected chi connectivity index (χ2v) is 4.88. The molecular formula is C12H14N4OS. The first kappa shape index (κ1) is 12.4. The Morgan fingerprint density at radius 3 is 2.94 bits per heavy atom. The number of pyridine rings is 1. The van der Waals surface area contributed by atoms with Gasteiger partial charge < -0.3 is 16.8 Å². The first-order chi connectivity index (χ1) is 8.58. The van der Waals surface area contributed by atoms with E-state index in [4.69, 9.17) is 11.5 Å². The van der Waals surface area contributed by atoms with Gasteiger partial charge in [0.25, 0.3) is 5.91 Å². The van der Waals surface area contributed by atoms with Gasteiger partial charge in [-0.05, 0) is 24.4 Å². The van der Waals surface area contributed by atoms with Crippen LogP contribution in [0.2, 0.25) is 0 Å². The molecule has 1 atom stereocenters. The minimum atomic E-state index is -0.523. The van der Waals surface area contributed by atoms with E-state index in [0.717, 1.165) is 0 Å². The van der Waals surface area contributed by atoms with Gasteiger partial charge in [-0.2, -0.15) is 0 Å². The lowest BCUT2D eigenvalue weighted by atomic mass is 10.2. The fourth-order valence-corrected chi connectivity index (χ4v) is 2.37. The number of aromatic nitrogens is 1. The molecule has 2 rings (SSSR count). The molecule has 0 spiro atoms. The summed E-state index contributed by atoms with van der Waals surface area (Å²) in [6, 6.07) is 5.56. The van der Waals surface area contributed by atoms with Crippen molar-refractivity contribution in [1.82, 2.24) is 4.98 Å². The third-order valence-corrected chi connectivity index (χ3v) is 3.59. The van der Waals surface area contributed by atoms with E-state index >= 15 is 0 Å². The van der Waals surface area contributed by atoms with Crippen LogP contribution >= 0.6 is 11.3 Å². The van der Waals surface area contributed by atoms with Crippen LogP contribution in [0.25, 0.3) is 0 Å². The van der Waals surface area contributed by atoms with Crippen LogP contribution in [0.15, 0.2) is 29.8 Å². The van der Waals surface area contributed by atoms with E-state index < -0.39 is 5.91 Å². The number of primary amides is 1. The maximum absolute atomic E-state index is 11.3. The smallest absolute Gasteiger partial charge is 0.250 e. The molecule has 94 valence electrons. The van der Waals surface area contributed by atoms with Crippen molar-refractivity contribution in [3.63, 3.8) is 0 Å². The fourth-order valence-electron chi connectivity index (χ4n) is 1.63. The molecule has 0 aromatic carbocycles. The van der Waals surface area contributed by atoms with Crippen LogP contribution < -0.4 is 16.8 Å². The zero-order chi connectivity index (χ0) is 13.1. The number of anilines is 2. The summed E-state index contributed by atoms with van der Waals surface area (Å²) in [5.41, 5.74) is 11.8. The van der Waals surface area contributed by atoms with Gasteiger partial charge in [0.15, 0.2) is 0 Å². The lowest BCUT2D eigenvalue weighted by molar-refractivity contribution is 0.100. The van der Waals surface area contributed by atoms with Crippen molar-refractivity contribution in [3.05, 3.63) is 40.2 Å². The molecule has 6 heteroatoms. The molecule has 2 aromatic heterocycles. The molecule has 0 aliphatic heterocycles. The number of nitrogens with one attached hydrogen (secondary N) is 1. The Labute approximate surface area is 109 Å². The molecule has 0 radical (unpaired) electrons. The monoisotopic (exact) mass is 262 g/mol. The number of amides is 1. The molecule has 2 heterocycles. The summed E-state index contributed by atoms with van der Waals surface area (Å²) in [7, 11) is 0. The van der Waals surface area contributed by atoms with Crippen LogP contribution in [-0.2, 0) is 0 Å². The molecule has 1 amide bonds. The second-order valence-electron chi connectivity index (χ2n) is 3.90. The fraction of sp³-hybridized carbons (Fsp3) is 0.167. The summed E-state index contributed by atoms with van der Waals surface area (Å²) in [5.74, 6) is -0.247. The van der Waals surface area contributed by atoms with Crippen LogP contribution in [0.5, 0.6) is 0 Å². The third-order valence-electron chi connectivity index (χ3n) is 2.53. The quantitative estimate of drug-likeness (QED) is 0.785. The lowest BCUT2D eigenvalue weighted by Gasteiger charge is -2.15. The maximum Gasteiger partial charge on any atom is 0.250 e. The van der Waals surface area contributed by atoms with Crippen molar-refractivity contribution >= 4 is 28.7 Å². The van der Waals surface area contributed by atoms with Crippen LogP contribution in [0.4, 0.5) is 11.5 Å². The highest BCUT2D eigenvalue weighted by Crippen LogP contribution is 2.25. The third kappa shape index (κ3) is 2.60. The Hall–Kier alpha value is -2.08. The Morgan fingerprint density at radius 1 is 1.56 bits per heavy atom. The van der Waals surface area contributed by atoms with Crippen molar-refractivity contribution < 1.29 is 4.79 Å². The maximum atomic E-state index is 11.3. The average molecular weight is 262 g/mol. The standard InChI is InChI=1S/C12H14N4OS/c1-7(10-3-2-4-18-10)16-9-6-15-11(13)5-8(9)12(14)17/h2-7,16H,1H3,(H2,13,15)(H2,14,17). The van der Waals surface area contributed by atoms with Crippen molar-refractivity contribution in [1.29, 1.82) is 0 Å². The number of nitrogens with zero attached hydrogens (tertiary/aromatic N) is 1. The summed E-state index contributed by atoms with van der Waals surface area (Å²) in [6.07, 6.45) is 1.53. The number of rotatable bonds is 4. The summed E-state index contributed by atoms with van der Waals surface area (Å²) < 4.78 is 0. The summed E-state index contributed by atoms with van der Waals surface area (Å²) in [4.78, 5) is 16.5. The van der Waals surface area contributed by atoms with E-state index in [1.807, 2.05) is 24.4 Å². The number of carbonyl (C=O) groups is 1. The molecule has 2 aromatic rings. The van der Waals surface area contributed by atoms with Crippen LogP contribution in [0.1, 0.15) is 28.2 Å². The number of thiophene rings is 1. The Morgan fingerprint density at radius 2 is 2.33 bits per heavy atom. The van der Waals surface area contributed by atoms with Crippen LogP contribution in [0, 0.1) is 0 Å². The zero-order valence-electron chi connectivity index (χ0n) is 9.88. The number of hydrogen-bond acceptors (Lipinski definition) is 5. The van der Waals surface area contributed by atoms with E-state index in [1.54, 1.807) is 11.3 Å². The summed E-state index contributed by atoms with van der Waals surface area (Å²) >= 11 is 1.64. The van der Waals surface area contributed by atoms with Gasteiger partial charge in [0.1, 0.15) is 5.82 Å². The first-order valence-corrected chi connectivity index (χ1v) is 6.31. The highest BCUT2D eigenvalue weighted by molar-refractivity contribution is 7.10. The van der Waals surface area contributed by atoms with E-state index in [0.29, 0.717) is 11.3 Å². The van der Waals surface area contributed by atoms with Crippen molar-refractivity contribution in [3.8, 4) is 0 Å². The van der Waals surface area contributed by atoms with Gasteiger partial charge >= 0.3 is 0 Å². The SMILES string of the molecule is CC(Nc1cnc(N)cc1C(N)=O)c1cccs1. The van der Waals surface area contributed by atoms with Crippen LogP contribution in [0.3, 0.4) is 0 Å². The molecule has 5 nitrogen and oxygen atoms in total. The molecule has 1 unspecified atom stereocenters. The van der Waals surface area contributed by atoms with E-state index in [9.17, 15) is 4.79 Å². The Bertz CT molecular complexity index is 553. The minimum Gasteiger partial charge on any atom is -0.384 e. The second kappa shape index (κ2) is 5.05. The van der Waals surface area contributed by atoms with Crippen molar-refractivity contribution in [2.24, 2.45) is 5.73 Å². The highest BCUT2D eigenvalue weighted by Gasteiger charge is 2.13. The van der Waals surface area contributed by atoms with Crippen molar-refractivity contribution in [2.75, 3.05) is 11.1 Å². The number of nitrogen functional groups attached to an aromatic ring is 1. The number of carbonyl (C=O) groups excluding carboxylic acids is 1. The van der Waals surface area contributed by atoms with E-state index in [2.05, 4.69) is 10.3 Å². The average Bonchev–Trinajstić information content (AvgIpc) is 2.84. The molecule has 0 aliphatic carbocycles. The van der Waals surface area contributed by atoms with Gasteiger partial charge in [-0.1, -0.05) is 6.07 Å². The van der Waals surface area contributed by atoms with Crippen LogP contribution in [-0.4, -0.2) is 10.9 Å². The number of nitrogens with two attached hydrogens (primary N) is 2. The van der Waals surface area contributed by atoms with E-state index in [-0.39, 0.29) is 11.9 Å². The summed E-state index contributed by atoms with van der Waals surface area (Å²) in [6.45, 7) is 2.01. The largest absolute Gasteiger partial charge is 0.384 e.